The number of benzene rings is 1. The molecule has 0 saturated carbocycles. The predicted octanol–water partition coefficient (Wildman–Crippen LogP) is 2.04. The number of fused-ring (bicyclic) bond motifs is 1. The maximum absolute atomic E-state index is 5.73. The van der Waals surface area contributed by atoms with Crippen molar-refractivity contribution in [2.45, 2.75) is 25.8 Å². The number of rotatable bonds is 5. The molecule has 1 aromatic heterocycles. The summed E-state index contributed by atoms with van der Waals surface area (Å²) in [4.78, 5) is 4.66. The zero-order valence-corrected chi connectivity index (χ0v) is 14.3. The topological polar surface area (TPSA) is 63.5 Å². The molecule has 1 unspecified atom stereocenters. The molecule has 6 nitrogen and oxygen atoms in total. The maximum atomic E-state index is 5.73. The van der Waals surface area contributed by atoms with Crippen LogP contribution in [0.2, 0.25) is 0 Å². The first-order valence-corrected chi connectivity index (χ1v) is 8.48. The van der Waals surface area contributed by atoms with Crippen molar-refractivity contribution in [2.24, 2.45) is 12.0 Å². The molecule has 0 bridgehead atoms. The third-order valence-corrected chi connectivity index (χ3v) is 4.26. The van der Waals surface area contributed by atoms with Gasteiger partial charge in [0.15, 0.2) is 5.96 Å². The minimum atomic E-state index is 0.440. The average molecular weight is 327 g/mol. The lowest BCUT2D eigenvalue weighted by molar-refractivity contribution is 0.267. The summed E-state index contributed by atoms with van der Waals surface area (Å²) in [5.41, 5.74) is 2.36. The van der Waals surface area contributed by atoms with E-state index >= 15 is 0 Å². The molecule has 24 heavy (non-hydrogen) atoms. The van der Waals surface area contributed by atoms with Gasteiger partial charge >= 0.3 is 0 Å². The Hall–Kier alpha value is -2.50. The van der Waals surface area contributed by atoms with Crippen molar-refractivity contribution in [3.8, 4) is 5.75 Å². The van der Waals surface area contributed by atoms with E-state index in [4.69, 9.17) is 4.74 Å². The Morgan fingerprint density at radius 1 is 1.33 bits per heavy atom. The van der Waals surface area contributed by atoms with Gasteiger partial charge in [0.1, 0.15) is 5.75 Å². The minimum absolute atomic E-state index is 0.440. The van der Waals surface area contributed by atoms with Crippen molar-refractivity contribution < 1.29 is 4.74 Å². The zero-order chi connectivity index (χ0) is 16.8. The van der Waals surface area contributed by atoms with Crippen molar-refractivity contribution >= 4 is 5.96 Å². The standard InChI is InChI=1S/C18H25N5O/c1-3-19-18(21-13-15-8-10-22-23(15)2)20-12-14-9-11-24-17-7-5-4-6-16(14)17/h4-8,10,14H,3,9,11-13H2,1-2H3,(H2,19,20,21). The van der Waals surface area contributed by atoms with E-state index in [0.717, 1.165) is 43.5 Å². The quantitative estimate of drug-likeness (QED) is 0.652. The molecule has 1 atom stereocenters. The lowest BCUT2D eigenvalue weighted by Gasteiger charge is -2.26. The van der Waals surface area contributed by atoms with E-state index in [1.54, 1.807) is 6.20 Å². The van der Waals surface area contributed by atoms with Crippen molar-refractivity contribution in [3.05, 3.63) is 47.8 Å². The van der Waals surface area contributed by atoms with Crippen LogP contribution >= 0.6 is 0 Å². The van der Waals surface area contributed by atoms with Gasteiger partial charge in [0.05, 0.1) is 18.8 Å². The lowest BCUT2D eigenvalue weighted by Crippen LogP contribution is -2.40. The molecule has 3 rings (SSSR count). The van der Waals surface area contributed by atoms with Gasteiger partial charge in [-0.3, -0.25) is 4.68 Å². The van der Waals surface area contributed by atoms with Crippen molar-refractivity contribution in [1.29, 1.82) is 0 Å². The second-order valence-corrected chi connectivity index (χ2v) is 5.89. The molecule has 0 saturated heterocycles. The van der Waals surface area contributed by atoms with Crippen LogP contribution in [0.1, 0.15) is 30.5 Å². The van der Waals surface area contributed by atoms with Gasteiger partial charge in [-0.25, -0.2) is 4.99 Å². The second kappa shape index (κ2) is 7.86. The van der Waals surface area contributed by atoms with Gasteiger partial charge in [0.25, 0.3) is 0 Å². The summed E-state index contributed by atoms with van der Waals surface area (Å²) in [7, 11) is 1.93. The van der Waals surface area contributed by atoms with E-state index < -0.39 is 0 Å². The van der Waals surface area contributed by atoms with Gasteiger partial charge in [0.2, 0.25) is 0 Å². The van der Waals surface area contributed by atoms with E-state index in [1.165, 1.54) is 5.56 Å². The summed E-state index contributed by atoms with van der Waals surface area (Å²) in [6.45, 7) is 5.13. The zero-order valence-electron chi connectivity index (χ0n) is 14.3. The molecule has 2 heterocycles. The third kappa shape index (κ3) is 3.88. The largest absolute Gasteiger partial charge is 0.493 e. The molecular formula is C18H25N5O. The Bertz CT molecular complexity index is 694. The van der Waals surface area contributed by atoms with Crippen LogP contribution in [-0.4, -0.2) is 35.4 Å². The highest BCUT2D eigenvalue weighted by Crippen LogP contribution is 2.32. The van der Waals surface area contributed by atoms with Crippen LogP contribution in [0, 0.1) is 0 Å². The Morgan fingerprint density at radius 3 is 3.00 bits per heavy atom. The Balaban J connectivity index is 1.63. The lowest BCUT2D eigenvalue weighted by atomic mass is 9.93. The summed E-state index contributed by atoms with van der Waals surface area (Å²) in [5, 5.41) is 11.0. The van der Waals surface area contributed by atoms with E-state index in [1.807, 2.05) is 29.9 Å². The Kier molecular flexibility index (Phi) is 5.36. The number of hydrogen-bond acceptors (Lipinski definition) is 3. The van der Waals surface area contributed by atoms with Gasteiger partial charge in [-0.05, 0) is 31.0 Å². The van der Waals surface area contributed by atoms with Gasteiger partial charge in [-0.15, -0.1) is 0 Å². The molecular weight excluding hydrogens is 302 g/mol. The van der Waals surface area contributed by atoms with Gasteiger partial charge in [-0.1, -0.05) is 18.2 Å². The molecule has 1 aromatic carbocycles. The highest BCUT2D eigenvalue weighted by atomic mass is 16.5. The fourth-order valence-electron chi connectivity index (χ4n) is 2.91. The number of nitrogens with zero attached hydrogens (tertiary/aromatic N) is 3. The molecule has 0 fully saturated rings. The molecule has 6 heteroatoms. The van der Waals surface area contributed by atoms with E-state index in [2.05, 4.69) is 39.8 Å². The monoisotopic (exact) mass is 327 g/mol. The number of aliphatic imine (C=N–C) groups is 1. The number of aromatic nitrogens is 2. The Morgan fingerprint density at radius 2 is 2.21 bits per heavy atom. The maximum Gasteiger partial charge on any atom is 0.191 e. The number of guanidine groups is 1. The van der Waals surface area contributed by atoms with Crippen LogP contribution in [0.3, 0.4) is 0 Å². The molecule has 1 aliphatic rings. The molecule has 2 aromatic rings. The summed E-state index contributed by atoms with van der Waals surface area (Å²) >= 11 is 0. The predicted molar refractivity (Wildman–Crippen MR) is 95.3 cm³/mol. The van der Waals surface area contributed by atoms with Crippen LogP contribution in [-0.2, 0) is 13.6 Å². The van der Waals surface area contributed by atoms with Crippen molar-refractivity contribution in [3.63, 3.8) is 0 Å². The molecule has 2 N–H and O–H groups in total. The average Bonchev–Trinajstić information content (AvgIpc) is 3.02. The summed E-state index contributed by atoms with van der Waals surface area (Å²) in [5.74, 6) is 2.28. The van der Waals surface area contributed by atoms with Crippen LogP contribution < -0.4 is 15.4 Å². The van der Waals surface area contributed by atoms with Crippen LogP contribution in [0.4, 0.5) is 0 Å². The molecule has 0 amide bonds. The summed E-state index contributed by atoms with van der Waals surface area (Å²) in [6, 6.07) is 10.3. The highest BCUT2D eigenvalue weighted by Gasteiger charge is 2.21. The molecule has 128 valence electrons. The number of nitrogens with one attached hydrogen (secondary N) is 2. The highest BCUT2D eigenvalue weighted by molar-refractivity contribution is 5.79. The third-order valence-electron chi connectivity index (χ3n) is 4.26. The number of hydrogen-bond donors (Lipinski definition) is 2. The minimum Gasteiger partial charge on any atom is -0.493 e. The number of ether oxygens (including phenoxy) is 1. The Labute approximate surface area is 142 Å². The fourth-order valence-corrected chi connectivity index (χ4v) is 2.91. The van der Waals surface area contributed by atoms with Gasteiger partial charge in [0, 0.05) is 32.3 Å². The smallest absolute Gasteiger partial charge is 0.191 e. The van der Waals surface area contributed by atoms with E-state index in [-0.39, 0.29) is 0 Å². The van der Waals surface area contributed by atoms with Gasteiger partial charge in [-0.2, -0.15) is 5.10 Å². The first kappa shape index (κ1) is 16.4. The SMILES string of the molecule is CCNC(=NCc1ccnn1C)NCC1CCOc2ccccc21. The molecule has 1 aliphatic heterocycles. The fraction of sp³-hybridized carbons (Fsp3) is 0.444. The molecule has 0 radical (unpaired) electrons. The molecule has 0 aliphatic carbocycles. The van der Waals surface area contributed by atoms with E-state index in [9.17, 15) is 0 Å². The van der Waals surface area contributed by atoms with Crippen LogP contribution in [0.5, 0.6) is 5.75 Å². The van der Waals surface area contributed by atoms with Crippen molar-refractivity contribution in [2.75, 3.05) is 19.7 Å². The summed E-state index contributed by atoms with van der Waals surface area (Å²) in [6.07, 6.45) is 2.81. The second-order valence-electron chi connectivity index (χ2n) is 5.89. The first-order valence-electron chi connectivity index (χ1n) is 8.48. The number of aryl methyl sites for hydroxylation is 1. The first-order chi connectivity index (χ1) is 11.8. The normalized spacial score (nSPS) is 17.1. The number of para-hydroxylation sites is 1. The van der Waals surface area contributed by atoms with Crippen LogP contribution in [0.15, 0.2) is 41.5 Å². The van der Waals surface area contributed by atoms with Gasteiger partial charge < -0.3 is 15.4 Å². The summed E-state index contributed by atoms with van der Waals surface area (Å²) < 4.78 is 7.58. The van der Waals surface area contributed by atoms with Crippen molar-refractivity contribution in [1.82, 2.24) is 20.4 Å². The molecule has 0 spiro atoms. The van der Waals surface area contributed by atoms with Crippen LogP contribution in [0.25, 0.3) is 0 Å². The van der Waals surface area contributed by atoms with E-state index in [0.29, 0.717) is 12.5 Å².